The van der Waals surface area contributed by atoms with Crippen molar-refractivity contribution in [2.24, 2.45) is 0 Å². The molecule has 2 rings (SSSR count). The summed E-state index contributed by atoms with van der Waals surface area (Å²) < 4.78 is 1.49. The largest absolute Gasteiger partial charge is 0.480 e. The van der Waals surface area contributed by atoms with Gasteiger partial charge in [0.05, 0.1) is 0 Å². The number of hydrogen-bond donors (Lipinski definition) is 1. The lowest BCUT2D eigenvalue weighted by Crippen LogP contribution is -2.54. The number of amides is 1. The van der Waals surface area contributed by atoms with Gasteiger partial charge in [-0.05, 0) is 32.9 Å². The van der Waals surface area contributed by atoms with Crippen molar-refractivity contribution < 1.29 is 14.7 Å². The maximum absolute atomic E-state index is 12.5. The van der Waals surface area contributed by atoms with Gasteiger partial charge in [-0.3, -0.25) is 14.5 Å². The lowest BCUT2D eigenvalue weighted by Gasteiger charge is -2.42. The van der Waals surface area contributed by atoms with Crippen molar-refractivity contribution in [1.29, 1.82) is 0 Å². The van der Waals surface area contributed by atoms with E-state index in [-0.39, 0.29) is 18.0 Å². The van der Waals surface area contributed by atoms with E-state index in [1.54, 1.807) is 23.2 Å². The maximum Gasteiger partial charge on any atom is 0.323 e. The first kappa shape index (κ1) is 15.6. The summed E-state index contributed by atoms with van der Waals surface area (Å²) in [6, 6.07) is 3.39. The molecule has 0 saturated carbocycles. The van der Waals surface area contributed by atoms with Crippen molar-refractivity contribution in [1.82, 2.24) is 14.4 Å². The Morgan fingerprint density at radius 2 is 1.81 bits per heavy atom. The highest BCUT2D eigenvalue weighted by atomic mass is 16.4. The molecule has 1 aromatic heterocycles. The maximum atomic E-state index is 12.5. The standard InChI is InChI=1S/C15H23N3O3/c1-15(2,3)18-9-7-16(8-10-18)14(21)12-5-4-6-17(12)11-13(19)20/h4-6H,7-11H2,1-3H3,(H,19,20). The molecule has 21 heavy (non-hydrogen) atoms. The molecule has 0 radical (unpaired) electrons. The fourth-order valence-corrected chi connectivity index (χ4v) is 2.63. The minimum atomic E-state index is -0.946. The molecule has 0 aliphatic carbocycles. The van der Waals surface area contributed by atoms with Crippen LogP contribution in [0.1, 0.15) is 31.3 Å². The van der Waals surface area contributed by atoms with Gasteiger partial charge < -0.3 is 14.6 Å². The van der Waals surface area contributed by atoms with Gasteiger partial charge in [0.2, 0.25) is 0 Å². The van der Waals surface area contributed by atoms with Gasteiger partial charge in [-0.2, -0.15) is 0 Å². The Hall–Kier alpha value is -1.82. The third-order valence-electron chi connectivity index (χ3n) is 3.87. The molecule has 0 unspecified atom stereocenters. The molecule has 6 heteroatoms. The number of hydrogen-bond acceptors (Lipinski definition) is 3. The molecule has 0 aromatic carbocycles. The molecular weight excluding hydrogens is 270 g/mol. The van der Waals surface area contributed by atoms with Crippen LogP contribution >= 0.6 is 0 Å². The van der Waals surface area contributed by atoms with E-state index in [1.165, 1.54) is 4.57 Å². The number of aromatic nitrogens is 1. The Morgan fingerprint density at radius 3 is 2.33 bits per heavy atom. The number of piperazine rings is 1. The molecule has 6 nitrogen and oxygen atoms in total. The number of carboxylic acids is 1. The summed E-state index contributed by atoms with van der Waals surface area (Å²) in [5, 5.41) is 8.87. The first-order valence-electron chi connectivity index (χ1n) is 7.20. The van der Waals surface area contributed by atoms with Crippen molar-refractivity contribution in [3.8, 4) is 0 Å². The quantitative estimate of drug-likeness (QED) is 0.907. The molecule has 0 atom stereocenters. The second kappa shape index (κ2) is 5.89. The van der Waals surface area contributed by atoms with Crippen LogP contribution in [-0.4, -0.2) is 63.1 Å². The Labute approximate surface area is 124 Å². The predicted molar refractivity (Wildman–Crippen MR) is 79.3 cm³/mol. The van der Waals surface area contributed by atoms with Crippen LogP contribution in [0, 0.1) is 0 Å². The van der Waals surface area contributed by atoms with E-state index in [9.17, 15) is 9.59 Å². The van der Waals surface area contributed by atoms with Crippen LogP contribution in [0.15, 0.2) is 18.3 Å². The van der Waals surface area contributed by atoms with Gasteiger partial charge >= 0.3 is 5.97 Å². The Balaban J connectivity index is 2.02. The lowest BCUT2D eigenvalue weighted by molar-refractivity contribution is -0.137. The van der Waals surface area contributed by atoms with Crippen molar-refractivity contribution in [3.05, 3.63) is 24.0 Å². The number of nitrogens with zero attached hydrogens (tertiary/aromatic N) is 3. The first-order chi connectivity index (χ1) is 9.79. The Morgan fingerprint density at radius 1 is 1.19 bits per heavy atom. The van der Waals surface area contributed by atoms with Gasteiger partial charge in [-0.25, -0.2) is 0 Å². The molecule has 1 N–H and O–H groups in total. The van der Waals surface area contributed by atoms with E-state index in [0.717, 1.165) is 13.1 Å². The predicted octanol–water partition coefficient (Wildman–Crippen LogP) is 1.13. The average Bonchev–Trinajstić information content (AvgIpc) is 2.84. The summed E-state index contributed by atoms with van der Waals surface area (Å²) in [6.07, 6.45) is 1.63. The van der Waals surface area contributed by atoms with Crippen molar-refractivity contribution in [2.75, 3.05) is 26.2 Å². The Bertz CT molecular complexity index is 523. The summed E-state index contributed by atoms with van der Waals surface area (Å²) in [7, 11) is 0. The van der Waals surface area contributed by atoms with Gasteiger partial charge in [0, 0.05) is 37.9 Å². The van der Waals surface area contributed by atoms with Crippen molar-refractivity contribution in [3.63, 3.8) is 0 Å². The van der Waals surface area contributed by atoms with E-state index < -0.39 is 5.97 Å². The number of carbonyl (C=O) groups is 2. The third-order valence-corrected chi connectivity index (χ3v) is 3.87. The lowest BCUT2D eigenvalue weighted by atomic mass is 10.0. The molecule has 1 aromatic rings. The highest BCUT2D eigenvalue weighted by molar-refractivity contribution is 5.93. The van der Waals surface area contributed by atoms with Gasteiger partial charge in [0.25, 0.3) is 5.91 Å². The Kier molecular flexibility index (Phi) is 4.37. The first-order valence-corrected chi connectivity index (χ1v) is 7.20. The second-order valence-electron chi connectivity index (χ2n) is 6.37. The summed E-state index contributed by atoms with van der Waals surface area (Å²) in [5.74, 6) is -1.03. The average molecular weight is 293 g/mol. The van der Waals surface area contributed by atoms with Crippen LogP contribution in [0.5, 0.6) is 0 Å². The van der Waals surface area contributed by atoms with E-state index in [4.69, 9.17) is 5.11 Å². The highest BCUT2D eigenvalue weighted by Crippen LogP contribution is 2.17. The summed E-state index contributed by atoms with van der Waals surface area (Å²) >= 11 is 0. The van der Waals surface area contributed by atoms with Crippen LogP contribution in [0.25, 0.3) is 0 Å². The molecule has 1 amide bonds. The number of carboxylic acid groups (broad SMARTS) is 1. The van der Waals surface area contributed by atoms with Crippen LogP contribution in [0.3, 0.4) is 0 Å². The smallest absolute Gasteiger partial charge is 0.323 e. The van der Waals surface area contributed by atoms with Gasteiger partial charge in [0.1, 0.15) is 12.2 Å². The highest BCUT2D eigenvalue weighted by Gasteiger charge is 2.29. The molecule has 1 aliphatic heterocycles. The van der Waals surface area contributed by atoms with Gasteiger partial charge in [-0.15, -0.1) is 0 Å². The molecule has 1 aliphatic rings. The normalized spacial score (nSPS) is 17.0. The zero-order valence-corrected chi connectivity index (χ0v) is 12.9. The summed E-state index contributed by atoms with van der Waals surface area (Å²) in [6.45, 7) is 9.36. The van der Waals surface area contributed by atoms with E-state index >= 15 is 0 Å². The number of carbonyl (C=O) groups excluding carboxylic acids is 1. The fraction of sp³-hybridized carbons (Fsp3) is 0.600. The van der Waals surface area contributed by atoms with Crippen molar-refractivity contribution in [2.45, 2.75) is 32.9 Å². The molecule has 116 valence electrons. The molecule has 0 bridgehead atoms. The van der Waals surface area contributed by atoms with Crippen LogP contribution < -0.4 is 0 Å². The molecular formula is C15H23N3O3. The molecule has 1 saturated heterocycles. The van der Waals surface area contributed by atoms with E-state index in [2.05, 4.69) is 25.7 Å². The summed E-state index contributed by atoms with van der Waals surface area (Å²) in [5.41, 5.74) is 0.556. The second-order valence-corrected chi connectivity index (χ2v) is 6.37. The van der Waals surface area contributed by atoms with Crippen molar-refractivity contribution >= 4 is 11.9 Å². The zero-order valence-electron chi connectivity index (χ0n) is 12.9. The molecule has 2 heterocycles. The topological polar surface area (TPSA) is 65.8 Å². The van der Waals surface area contributed by atoms with Crippen LogP contribution in [0.4, 0.5) is 0 Å². The molecule has 1 fully saturated rings. The van der Waals surface area contributed by atoms with Crippen LogP contribution in [-0.2, 0) is 11.3 Å². The minimum Gasteiger partial charge on any atom is -0.480 e. The number of aliphatic carboxylic acids is 1. The van der Waals surface area contributed by atoms with Gasteiger partial charge in [-0.1, -0.05) is 0 Å². The fourth-order valence-electron chi connectivity index (χ4n) is 2.63. The minimum absolute atomic E-state index is 0.0881. The van der Waals surface area contributed by atoms with Gasteiger partial charge in [0.15, 0.2) is 0 Å². The van der Waals surface area contributed by atoms with E-state index in [0.29, 0.717) is 18.8 Å². The SMILES string of the molecule is CC(C)(C)N1CCN(C(=O)c2cccn2CC(=O)O)CC1. The van der Waals surface area contributed by atoms with E-state index in [1.807, 2.05) is 0 Å². The molecule has 0 spiro atoms. The zero-order chi connectivity index (χ0) is 15.6. The van der Waals surface area contributed by atoms with Crippen LogP contribution in [0.2, 0.25) is 0 Å². The summed E-state index contributed by atoms with van der Waals surface area (Å²) in [4.78, 5) is 27.5. The number of rotatable bonds is 3. The monoisotopic (exact) mass is 293 g/mol. The third kappa shape index (κ3) is 3.64.